The average Bonchev–Trinajstić information content (AvgIpc) is 1.89. The van der Waals surface area contributed by atoms with Gasteiger partial charge in [-0.2, -0.15) is 11.8 Å². The van der Waals surface area contributed by atoms with Crippen molar-refractivity contribution in [2.75, 3.05) is 18.1 Å². The number of aliphatic hydroxyl groups is 1. The van der Waals surface area contributed by atoms with E-state index in [1.165, 1.54) is 0 Å². The summed E-state index contributed by atoms with van der Waals surface area (Å²) in [5.74, 6) is 1.78. The van der Waals surface area contributed by atoms with E-state index in [1.54, 1.807) is 11.8 Å². The normalized spacial score (nSPS) is 9.44. The second kappa shape index (κ2) is 7.98. The van der Waals surface area contributed by atoms with Crippen LogP contribution >= 0.6 is 11.8 Å². The summed E-state index contributed by atoms with van der Waals surface area (Å²) in [6, 6.07) is 0. The molecule has 2 nitrogen and oxygen atoms in total. The van der Waals surface area contributed by atoms with Crippen molar-refractivity contribution in [3.05, 3.63) is 0 Å². The van der Waals surface area contributed by atoms with E-state index in [-0.39, 0.29) is 6.61 Å². The summed E-state index contributed by atoms with van der Waals surface area (Å²) in [4.78, 5) is 9.65. The summed E-state index contributed by atoms with van der Waals surface area (Å²) in [7, 11) is 0. The van der Waals surface area contributed by atoms with Crippen LogP contribution in [0.15, 0.2) is 0 Å². The van der Waals surface area contributed by atoms with Crippen LogP contribution in [-0.2, 0) is 4.79 Å². The van der Waals surface area contributed by atoms with Gasteiger partial charge in [0.25, 0.3) is 0 Å². The van der Waals surface area contributed by atoms with Crippen molar-refractivity contribution in [1.29, 1.82) is 0 Å². The van der Waals surface area contributed by atoms with Gasteiger partial charge in [-0.1, -0.05) is 0 Å². The molecule has 53 valence electrons. The zero-order valence-corrected chi connectivity index (χ0v) is 6.12. The van der Waals surface area contributed by atoms with Crippen LogP contribution in [0.3, 0.4) is 0 Å². The van der Waals surface area contributed by atoms with Gasteiger partial charge in [0.1, 0.15) is 0 Å². The first-order chi connectivity index (χ1) is 4.41. The van der Waals surface area contributed by atoms with Crippen molar-refractivity contribution < 1.29 is 9.90 Å². The molecule has 0 saturated carbocycles. The Kier molecular flexibility index (Phi) is 7.96. The maximum Gasteiger partial charge on any atom is 0.199 e. The summed E-state index contributed by atoms with van der Waals surface area (Å²) in [6.07, 6.45) is 3.14. The number of aliphatic hydroxyl groups excluding tert-OH is 1. The molecule has 0 aliphatic carbocycles. The number of carbonyl (C=O) groups excluding carboxylic acids is 1. The lowest BCUT2D eigenvalue weighted by Crippen LogP contribution is -1.87. The molecule has 0 aliphatic heterocycles. The van der Waals surface area contributed by atoms with E-state index < -0.39 is 0 Å². The van der Waals surface area contributed by atoms with Gasteiger partial charge in [-0.15, -0.1) is 0 Å². The third-order valence-corrected chi connectivity index (χ3v) is 1.87. The molecule has 3 heteroatoms. The average molecular weight is 147 g/mol. The third-order valence-electron chi connectivity index (χ3n) is 0.795. The van der Waals surface area contributed by atoms with Crippen LogP contribution < -0.4 is 0 Å². The minimum Gasteiger partial charge on any atom is -0.396 e. The maximum atomic E-state index is 9.65. The van der Waals surface area contributed by atoms with Gasteiger partial charge in [-0.3, -0.25) is 4.79 Å². The van der Waals surface area contributed by atoms with Crippen molar-refractivity contribution in [3.63, 3.8) is 0 Å². The third kappa shape index (κ3) is 7.98. The summed E-state index contributed by atoms with van der Waals surface area (Å²) in [5.41, 5.74) is 0. The minimum absolute atomic E-state index is 0.248. The van der Waals surface area contributed by atoms with Crippen molar-refractivity contribution in [3.8, 4) is 0 Å². The minimum atomic E-state index is 0.248. The van der Waals surface area contributed by atoms with E-state index in [0.717, 1.165) is 17.9 Å². The molecule has 0 fully saturated rings. The smallest absolute Gasteiger partial charge is 0.199 e. The Morgan fingerprint density at radius 3 is 2.78 bits per heavy atom. The zero-order chi connectivity index (χ0) is 6.95. The monoisotopic (exact) mass is 147 g/mol. The summed E-state index contributed by atoms with van der Waals surface area (Å²) in [6.45, 7) is 0.248. The molecule has 0 saturated heterocycles. The Labute approximate surface area is 59.6 Å². The molecular weight excluding hydrogens is 136 g/mol. The molecule has 1 N–H and O–H groups in total. The molecule has 0 atom stereocenters. The van der Waals surface area contributed by atoms with Gasteiger partial charge >= 0.3 is 0 Å². The standard InChI is InChI=1S/C6H11O2S/c7-3-1-5-9-6-2-4-8/h7H,1-3,5-6H2. The first-order valence-corrected chi connectivity index (χ1v) is 4.11. The molecule has 0 rings (SSSR count). The fourth-order valence-electron chi connectivity index (χ4n) is 0.383. The first-order valence-electron chi connectivity index (χ1n) is 2.95. The van der Waals surface area contributed by atoms with Gasteiger partial charge < -0.3 is 5.11 Å². The lowest BCUT2D eigenvalue weighted by atomic mass is 10.5. The highest BCUT2D eigenvalue weighted by molar-refractivity contribution is 7.99. The zero-order valence-electron chi connectivity index (χ0n) is 5.30. The largest absolute Gasteiger partial charge is 0.396 e. The second-order valence-electron chi connectivity index (χ2n) is 1.58. The topological polar surface area (TPSA) is 37.3 Å². The van der Waals surface area contributed by atoms with Crippen LogP contribution in [0.1, 0.15) is 12.8 Å². The van der Waals surface area contributed by atoms with Gasteiger partial charge in [0.15, 0.2) is 6.29 Å². The number of thioether (sulfide) groups is 1. The highest BCUT2D eigenvalue weighted by Gasteiger charge is 1.87. The van der Waals surface area contributed by atoms with Crippen molar-refractivity contribution in [1.82, 2.24) is 0 Å². The Morgan fingerprint density at radius 2 is 2.22 bits per heavy atom. The Balaban J connectivity index is 2.66. The summed E-state index contributed by atoms with van der Waals surface area (Å²) in [5, 5.41) is 8.33. The van der Waals surface area contributed by atoms with E-state index in [9.17, 15) is 4.79 Å². The van der Waals surface area contributed by atoms with Gasteiger partial charge in [0.2, 0.25) is 0 Å². The van der Waals surface area contributed by atoms with E-state index in [2.05, 4.69) is 0 Å². The van der Waals surface area contributed by atoms with Crippen molar-refractivity contribution in [2.24, 2.45) is 0 Å². The number of hydrogen-bond donors (Lipinski definition) is 1. The van der Waals surface area contributed by atoms with Gasteiger partial charge in [-0.05, 0) is 12.2 Å². The first kappa shape index (κ1) is 8.98. The SMILES string of the molecule is O=[C]CCSCCCO. The Morgan fingerprint density at radius 1 is 1.44 bits per heavy atom. The summed E-state index contributed by atoms with van der Waals surface area (Å²) >= 11 is 1.68. The van der Waals surface area contributed by atoms with Crippen LogP contribution in [0.2, 0.25) is 0 Å². The van der Waals surface area contributed by atoms with Crippen LogP contribution in [0.4, 0.5) is 0 Å². The fourth-order valence-corrected chi connectivity index (χ4v) is 1.15. The van der Waals surface area contributed by atoms with Gasteiger partial charge in [0.05, 0.1) is 0 Å². The molecular formula is C6H11O2S. The highest BCUT2D eigenvalue weighted by Crippen LogP contribution is 2.01. The molecule has 1 radical (unpaired) electrons. The molecule has 0 bridgehead atoms. The van der Waals surface area contributed by atoms with Crippen LogP contribution in [0.5, 0.6) is 0 Å². The Bertz CT molecular complexity index is 66.1. The Hall–Kier alpha value is -0.0200. The van der Waals surface area contributed by atoms with Crippen LogP contribution in [0.25, 0.3) is 0 Å². The maximum absolute atomic E-state index is 9.65. The van der Waals surface area contributed by atoms with Crippen LogP contribution in [0, 0.1) is 0 Å². The number of rotatable bonds is 6. The van der Waals surface area contributed by atoms with Crippen molar-refractivity contribution >= 4 is 18.0 Å². The van der Waals surface area contributed by atoms with E-state index in [4.69, 9.17) is 5.11 Å². The lowest BCUT2D eigenvalue weighted by Gasteiger charge is -1.93. The molecule has 0 spiro atoms. The van der Waals surface area contributed by atoms with E-state index in [0.29, 0.717) is 6.42 Å². The van der Waals surface area contributed by atoms with E-state index >= 15 is 0 Å². The molecule has 0 amide bonds. The van der Waals surface area contributed by atoms with Gasteiger partial charge in [0, 0.05) is 18.8 Å². The fraction of sp³-hybridized carbons (Fsp3) is 0.833. The van der Waals surface area contributed by atoms with Gasteiger partial charge in [-0.25, -0.2) is 0 Å². The molecule has 0 aliphatic rings. The predicted molar refractivity (Wildman–Crippen MR) is 39.3 cm³/mol. The lowest BCUT2D eigenvalue weighted by molar-refractivity contribution is 0.296. The predicted octanol–water partition coefficient (Wildman–Crippen LogP) is 0.602. The number of hydrogen-bond acceptors (Lipinski definition) is 3. The van der Waals surface area contributed by atoms with E-state index in [1.807, 2.05) is 6.29 Å². The molecule has 0 aromatic rings. The molecule has 0 aromatic carbocycles. The molecule has 9 heavy (non-hydrogen) atoms. The second-order valence-corrected chi connectivity index (χ2v) is 2.81. The quantitative estimate of drug-likeness (QED) is 0.559. The van der Waals surface area contributed by atoms with Crippen molar-refractivity contribution in [2.45, 2.75) is 12.8 Å². The summed E-state index contributed by atoms with van der Waals surface area (Å²) < 4.78 is 0. The van der Waals surface area contributed by atoms with Crippen LogP contribution in [-0.4, -0.2) is 29.5 Å². The molecule has 0 aromatic heterocycles. The molecule has 0 unspecified atom stereocenters. The highest BCUT2D eigenvalue weighted by atomic mass is 32.2. The molecule has 0 heterocycles.